The van der Waals surface area contributed by atoms with Crippen LogP contribution in [0.4, 0.5) is 0 Å². The van der Waals surface area contributed by atoms with Crippen molar-refractivity contribution in [3.05, 3.63) is 0 Å². The summed E-state index contributed by atoms with van der Waals surface area (Å²) in [7, 11) is 0. The Labute approximate surface area is 106 Å². The van der Waals surface area contributed by atoms with E-state index in [1.165, 1.54) is 63.5 Å². The minimum absolute atomic E-state index is 0.980. The Balaban J connectivity index is 3.32. The van der Waals surface area contributed by atoms with Gasteiger partial charge in [0.15, 0.2) is 0 Å². The topological polar surface area (TPSA) is 0 Å². The fraction of sp³-hybridized carbons (Fsp3) is 1.00. The quantitative estimate of drug-likeness (QED) is 0.259. The minimum atomic E-state index is -0.980. The molecule has 0 heterocycles. The second-order valence-corrected chi connectivity index (χ2v) is 14.6. The molecule has 2 heteroatoms. The minimum Gasteiger partial charge on any atom is -0.126 e. The average molecular weight is 293 g/mol. The molecule has 0 amide bonds. The van der Waals surface area contributed by atoms with Crippen LogP contribution in [0.1, 0.15) is 65.2 Å². The summed E-state index contributed by atoms with van der Waals surface area (Å²) in [5.41, 5.74) is 0. The van der Waals surface area contributed by atoms with Crippen molar-refractivity contribution in [1.82, 2.24) is 0 Å². The van der Waals surface area contributed by atoms with Gasteiger partial charge in [0.2, 0.25) is 0 Å². The monoisotopic (exact) mass is 292 g/mol. The maximum Gasteiger partial charge on any atom is 0.127 e. The summed E-state index contributed by atoms with van der Waals surface area (Å²) in [6.07, 6.45) is 11.4. The van der Waals surface area contributed by atoms with Gasteiger partial charge in [-0.3, -0.25) is 0 Å². The average Bonchev–Trinajstić information content (AvgIpc) is 2.20. The number of rotatable bonds is 10. The molecule has 0 aromatic heterocycles. The van der Waals surface area contributed by atoms with E-state index in [0.29, 0.717) is 0 Å². The lowest BCUT2D eigenvalue weighted by molar-refractivity contribution is 0.622. The van der Waals surface area contributed by atoms with E-state index >= 15 is 0 Å². The number of hydrogen-bond donors (Lipinski definition) is 0. The van der Waals surface area contributed by atoms with E-state index in [4.69, 9.17) is 0 Å². The molecule has 0 aliphatic carbocycles. The number of hydrogen-bond acceptors (Lipinski definition) is 0. The summed E-state index contributed by atoms with van der Waals surface area (Å²) >= 11 is 4.00. The second-order valence-electron chi connectivity index (χ2n) is 5.03. The zero-order valence-corrected chi connectivity index (χ0v) is 13.5. The molecule has 0 N–H and O–H groups in total. The first kappa shape index (κ1) is 15.7. The van der Waals surface area contributed by atoms with Crippen molar-refractivity contribution in [2.24, 2.45) is 0 Å². The lowest BCUT2D eigenvalue weighted by Gasteiger charge is -2.19. The maximum atomic E-state index is 4.00. The van der Waals surface area contributed by atoms with Gasteiger partial charge < -0.3 is 0 Å². The van der Waals surface area contributed by atoms with Gasteiger partial charge in [0.25, 0.3) is 0 Å². The van der Waals surface area contributed by atoms with Gasteiger partial charge in [-0.25, -0.2) is 0 Å². The van der Waals surface area contributed by atoms with Gasteiger partial charge in [0, 0.05) is 0 Å². The van der Waals surface area contributed by atoms with Crippen LogP contribution in [0.3, 0.4) is 0 Å². The van der Waals surface area contributed by atoms with Crippen LogP contribution in [0.2, 0.25) is 18.6 Å². The largest absolute Gasteiger partial charge is 0.127 e. The molecule has 0 aromatic rings. The predicted octanol–water partition coefficient (Wildman–Crippen LogP) is 6.12. The van der Waals surface area contributed by atoms with E-state index in [1.807, 2.05) is 0 Å². The highest BCUT2D eigenvalue weighted by Gasteiger charge is 2.21. The standard InChI is InChI=1S/C13H29BrSi/c1-4-6-8-9-10-11-13-15(3,14)12-7-5-2/h4-13H2,1-3H3. The van der Waals surface area contributed by atoms with Crippen LogP contribution in [-0.2, 0) is 0 Å². The third-order valence-electron chi connectivity index (χ3n) is 3.10. The van der Waals surface area contributed by atoms with E-state index in [1.54, 1.807) is 0 Å². The highest BCUT2D eigenvalue weighted by atomic mass is 79.9. The molecule has 0 bridgehead atoms. The van der Waals surface area contributed by atoms with Crippen LogP contribution < -0.4 is 0 Å². The molecule has 92 valence electrons. The summed E-state index contributed by atoms with van der Waals surface area (Å²) in [6.45, 7) is 6.09. The third-order valence-corrected chi connectivity index (χ3v) is 8.27. The van der Waals surface area contributed by atoms with E-state index in [2.05, 4.69) is 35.7 Å². The normalized spacial score (nSPS) is 15.2. The Morgan fingerprint density at radius 2 is 1.20 bits per heavy atom. The first-order valence-corrected chi connectivity index (χ1v) is 12.0. The Kier molecular flexibility index (Phi) is 10.3. The van der Waals surface area contributed by atoms with Crippen LogP contribution in [0.5, 0.6) is 0 Å². The molecule has 0 saturated carbocycles. The molecule has 1 atom stereocenters. The first-order chi connectivity index (χ1) is 7.12. The number of halogens is 1. The van der Waals surface area contributed by atoms with Crippen LogP contribution in [0.25, 0.3) is 0 Å². The van der Waals surface area contributed by atoms with Crippen LogP contribution in [0.15, 0.2) is 0 Å². The summed E-state index contributed by atoms with van der Waals surface area (Å²) < 4.78 is 0. The van der Waals surface area contributed by atoms with E-state index < -0.39 is 6.69 Å². The fourth-order valence-corrected chi connectivity index (χ4v) is 5.95. The van der Waals surface area contributed by atoms with Gasteiger partial charge in [-0.15, -0.1) is 15.3 Å². The first-order valence-electron chi connectivity index (χ1n) is 6.81. The van der Waals surface area contributed by atoms with E-state index in [0.717, 1.165) is 0 Å². The van der Waals surface area contributed by atoms with Crippen molar-refractivity contribution >= 4 is 22.0 Å². The number of unbranched alkanes of at least 4 members (excludes halogenated alkanes) is 6. The van der Waals surface area contributed by atoms with E-state index in [9.17, 15) is 0 Å². The molecule has 0 aliphatic heterocycles. The molecule has 15 heavy (non-hydrogen) atoms. The summed E-state index contributed by atoms with van der Waals surface area (Å²) in [6, 6.07) is 2.96. The molecule has 1 unspecified atom stereocenters. The zero-order chi connectivity index (χ0) is 11.6. The van der Waals surface area contributed by atoms with Gasteiger partial charge >= 0.3 is 0 Å². The molecule has 0 saturated heterocycles. The third kappa shape index (κ3) is 11.0. The molecule has 0 fully saturated rings. The maximum absolute atomic E-state index is 4.00. The zero-order valence-electron chi connectivity index (χ0n) is 10.9. The van der Waals surface area contributed by atoms with Gasteiger partial charge in [0.05, 0.1) is 0 Å². The van der Waals surface area contributed by atoms with Crippen molar-refractivity contribution < 1.29 is 0 Å². The van der Waals surface area contributed by atoms with Crippen LogP contribution >= 0.6 is 15.3 Å². The lowest BCUT2D eigenvalue weighted by atomic mass is 10.1. The van der Waals surface area contributed by atoms with Crippen LogP contribution in [-0.4, -0.2) is 6.69 Å². The van der Waals surface area contributed by atoms with Gasteiger partial charge in [-0.05, 0) is 12.1 Å². The summed E-state index contributed by atoms with van der Waals surface area (Å²) in [5.74, 6) is 0. The van der Waals surface area contributed by atoms with Crippen LogP contribution in [0, 0.1) is 0 Å². The van der Waals surface area contributed by atoms with Gasteiger partial charge in [-0.2, -0.15) is 0 Å². The molecule has 0 rings (SSSR count). The molecule has 0 aliphatic rings. The molecule has 0 radical (unpaired) electrons. The SMILES string of the molecule is CCCCCCCC[Si](C)(Br)CCCC. The summed E-state index contributed by atoms with van der Waals surface area (Å²) in [4.78, 5) is 0. The Morgan fingerprint density at radius 1 is 0.733 bits per heavy atom. The molecular weight excluding hydrogens is 264 g/mol. The fourth-order valence-electron chi connectivity index (χ4n) is 1.94. The Bertz CT molecular complexity index is 134. The van der Waals surface area contributed by atoms with Gasteiger partial charge in [-0.1, -0.05) is 71.8 Å². The van der Waals surface area contributed by atoms with Crippen molar-refractivity contribution in [3.8, 4) is 0 Å². The Morgan fingerprint density at radius 3 is 1.80 bits per heavy atom. The predicted molar refractivity (Wildman–Crippen MR) is 78.4 cm³/mol. The second kappa shape index (κ2) is 9.89. The smallest absolute Gasteiger partial charge is 0.126 e. The molecule has 0 spiro atoms. The Hall–Kier alpha value is 0.697. The molecular formula is C13H29BrSi. The van der Waals surface area contributed by atoms with Crippen molar-refractivity contribution in [3.63, 3.8) is 0 Å². The molecule has 0 nitrogen and oxygen atoms in total. The summed E-state index contributed by atoms with van der Waals surface area (Å²) in [5, 5.41) is 0. The van der Waals surface area contributed by atoms with Crippen molar-refractivity contribution in [2.75, 3.05) is 0 Å². The molecule has 0 aromatic carbocycles. The van der Waals surface area contributed by atoms with Gasteiger partial charge in [0.1, 0.15) is 6.69 Å². The highest BCUT2D eigenvalue weighted by molar-refractivity contribution is 9.26. The lowest BCUT2D eigenvalue weighted by Crippen LogP contribution is -2.20. The van der Waals surface area contributed by atoms with Crippen molar-refractivity contribution in [1.29, 1.82) is 0 Å². The van der Waals surface area contributed by atoms with E-state index in [-0.39, 0.29) is 0 Å². The van der Waals surface area contributed by atoms with Crippen molar-refractivity contribution in [2.45, 2.75) is 83.8 Å². The highest BCUT2D eigenvalue weighted by Crippen LogP contribution is 2.27.